The van der Waals surface area contributed by atoms with E-state index >= 15 is 0 Å². The lowest BCUT2D eigenvalue weighted by Gasteiger charge is -2.07. The zero-order valence-corrected chi connectivity index (χ0v) is 14.1. The second-order valence-electron chi connectivity index (χ2n) is 4.55. The summed E-state index contributed by atoms with van der Waals surface area (Å²) >= 11 is 5.60. The molecule has 0 spiro atoms. The van der Waals surface area contributed by atoms with E-state index in [0.717, 1.165) is 25.3 Å². The molecule has 0 aliphatic carbocycles. The fourth-order valence-electron chi connectivity index (χ4n) is 1.56. The van der Waals surface area contributed by atoms with Crippen LogP contribution in [0.1, 0.15) is 25.7 Å². The number of hydrogen-bond donors (Lipinski definition) is 0. The summed E-state index contributed by atoms with van der Waals surface area (Å²) in [5.74, 6) is 0.760. The molecule has 0 saturated carbocycles. The van der Waals surface area contributed by atoms with Crippen molar-refractivity contribution in [3.05, 3.63) is 0 Å². The topological polar surface area (TPSA) is 46.2 Å². The Morgan fingerprint density at radius 2 is 0.952 bits per heavy atom. The van der Waals surface area contributed by atoms with Crippen LogP contribution in [-0.2, 0) is 23.7 Å². The highest BCUT2D eigenvalue weighted by atomic mass is 35.5. The number of unbranched alkanes of at least 4 members (excludes halogenated alkanes) is 3. The third-order valence-corrected chi connectivity index (χ3v) is 2.99. The summed E-state index contributed by atoms with van der Waals surface area (Å²) in [5, 5.41) is 0. The molecular weight excluding hydrogens is 296 g/mol. The minimum absolute atomic E-state index is 0.589. The molecule has 128 valence electrons. The van der Waals surface area contributed by atoms with Gasteiger partial charge >= 0.3 is 0 Å². The molecule has 0 radical (unpaired) electrons. The van der Waals surface area contributed by atoms with Crippen LogP contribution < -0.4 is 0 Å². The highest BCUT2D eigenvalue weighted by Crippen LogP contribution is 2.00. The lowest BCUT2D eigenvalue weighted by atomic mass is 10.2. The second-order valence-corrected chi connectivity index (χ2v) is 4.92. The maximum Gasteiger partial charge on any atom is 0.0701 e. The molecule has 6 heteroatoms. The molecule has 0 aromatic rings. The first-order valence-electron chi connectivity index (χ1n) is 7.77. The molecule has 0 bridgehead atoms. The summed E-state index contributed by atoms with van der Waals surface area (Å²) in [7, 11) is 1.66. The summed E-state index contributed by atoms with van der Waals surface area (Å²) in [6, 6.07) is 0. The monoisotopic (exact) mass is 326 g/mol. The lowest BCUT2D eigenvalue weighted by molar-refractivity contribution is -0.00800. The smallest absolute Gasteiger partial charge is 0.0701 e. The predicted octanol–water partition coefficient (Wildman–Crippen LogP) is 2.50. The minimum Gasteiger partial charge on any atom is -0.382 e. The first-order valence-corrected chi connectivity index (χ1v) is 8.31. The van der Waals surface area contributed by atoms with Crippen molar-refractivity contribution >= 4 is 11.6 Å². The van der Waals surface area contributed by atoms with Crippen LogP contribution in [0.3, 0.4) is 0 Å². The van der Waals surface area contributed by atoms with Gasteiger partial charge in [-0.05, 0) is 12.8 Å². The third kappa shape index (κ3) is 20.1. The fraction of sp³-hybridized carbons (Fsp3) is 1.00. The molecule has 0 fully saturated rings. The van der Waals surface area contributed by atoms with E-state index in [0.29, 0.717) is 52.9 Å². The average molecular weight is 327 g/mol. The molecule has 0 amide bonds. The maximum atomic E-state index is 5.60. The normalized spacial score (nSPS) is 11.1. The van der Waals surface area contributed by atoms with Crippen molar-refractivity contribution in [1.29, 1.82) is 0 Å². The van der Waals surface area contributed by atoms with Crippen LogP contribution in [0.4, 0.5) is 0 Å². The van der Waals surface area contributed by atoms with Crippen LogP contribution in [0.5, 0.6) is 0 Å². The van der Waals surface area contributed by atoms with Crippen LogP contribution in [0.25, 0.3) is 0 Å². The molecule has 0 aliphatic heterocycles. The number of methoxy groups -OCH3 is 1. The van der Waals surface area contributed by atoms with E-state index in [1.807, 2.05) is 0 Å². The van der Waals surface area contributed by atoms with Crippen molar-refractivity contribution in [3.8, 4) is 0 Å². The summed E-state index contributed by atoms with van der Waals surface area (Å²) in [4.78, 5) is 0. The van der Waals surface area contributed by atoms with Crippen LogP contribution in [0.2, 0.25) is 0 Å². The molecule has 0 rings (SSSR count). The van der Waals surface area contributed by atoms with E-state index in [-0.39, 0.29) is 0 Å². The molecule has 0 saturated heterocycles. The van der Waals surface area contributed by atoms with Crippen LogP contribution in [0, 0.1) is 0 Å². The van der Waals surface area contributed by atoms with Crippen LogP contribution in [-0.4, -0.2) is 72.5 Å². The SMILES string of the molecule is COCCOCCOCCOCCOCCCCCCCl. The zero-order valence-electron chi connectivity index (χ0n) is 13.3. The third-order valence-electron chi connectivity index (χ3n) is 2.72. The Kier molecular flexibility index (Phi) is 20.2. The van der Waals surface area contributed by atoms with Crippen LogP contribution in [0.15, 0.2) is 0 Å². The number of alkyl halides is 1. The second kappa shape index (κ2) is 20.1. The fourth-order valence-corrected chi connectivity index (χ4v) is 1.75. The lowest BCUT2D eigenvalue weighted by Crippen LogP contribution is -2.13. The molecule has 0 N–H and O–H groups in total. The maximum absolute atomic E-state index is 5.60. The average Bonchev–Trinajstić information content (AvgIpc) is 2.50. The largest absolute Gasteiger partial charge is 0.382 e. The van der Waals surface area contributed by atoms with E-state index in [1.165, 1.54) is 12.8 Å². The minimum atomic E-state index is 0.589. The van der Waals surface area contributed by atoms with E-state index in [1.54, 1.807) is 7.11 Å². The molecule has 0 heterocycles. The van der Waals surface area contributed by atoms with Crippen molar-refractivity contribution < 1.29 is 23.7 Å². The molecule has 21 heavy (non-hydrogen) atoms. The van der Waals surface area contributed by atoms with Crippen molar-refractivity contribution in [1.82, 2.24) is 0 Å². The molecular formula is C15H31ClO5. The molecule has 0 aromatic carbocycles. The van der Waals surface area contributed by atoms with Gasteiger partial charge in [0.1, 0.15) is 0 Å². The van der Waals surface area contributed by atoms with Crippen LogP contribution >= 0.6 is 11.6 Å². The first-order chi connectivity index (χ1) is 10.4. The van der Waals surface area contributed by atoms with Gasteiger partial charge in [0.05, 0.1) is 52.9 Å². The Hall–Kier alpha value is 0.0900. The summed E-state index contributed by atoms with van der Waals surface area (Å²) in [6.45, 7) is 5.67. The number of ether oxygens (including phenoxy) is 5. The van der Waals surface area contributed by atoms with Gasteiger partial charge in [-0.15, -0.1) is 11.6 Å². The highest BCUT2D eigenvalue weighted by Gasteiger charge is 1.93. The van der Waals surface area contributed by atoms with E-state index in [4.69, 9.17) is 35.3 Å². The standard InChI is InChI=1S/C15H31ClO5/c1-17-8-9-19-12-13-21-15-14-20-11-10-18-7-5-3-2-4-6-16/h2-15H2,1H3. The number of hydrogen-bond acceptors (Lipinski definition) is 5. The van der Waals surface area contributed by atoms with Crippen molar-refractivity contribution in [2.45, 2.75) is 25.7 Å². The van der Waals surface area contributed by atoms with E-state index in [9.17, 15) is 0 Å². The molecule has 0 atom stereocenters. The van der Waals surface area contributed by atoms with Gasteiger partial charge < -0.3 is 23.7 Å². The Morgan fingerprint density at radius 1 is 0.524 bits per heavy atom. The van der Waals surface area contributed by atoms with Crippen molar-refractivity contribution in [2.24, 2.45) is 0 Å². The molecule has 0 aliphatic rings. The summed E-state index contributed by atoms with van der Waals surface area (Å²) in [6.07, 6.45) is 4.58. The summed E-state index contributed by atoms with van der Waals surface area (Å²) < 4.78 is 26.3. The van der Waals surface area contributed by atoms with Gasteiger partial charge in [0.15, 0.2) is 0 Å². The predicted molar refractivity (Wildman–Crippen MR) is 84.3 cm³/mol. The Bertz CT molecular complexity index is 165. The highest BCUT2D eigenvalue weighted by molar-refractivity contribution is 6.17. The summed E-state index contributed by atoms with van der Waals surface area (Å²) in [5.41, 5.74) is 0. The molecule has 5 nitrogen and oxygen atoms in total. The van der Waals surface area contributed by atoms with Gasteiger partial charge in [-0.25, -0.2) is 0 Å². The van der Waals surface area contributed by atoms with Gasteiger partial charge in [-0.2, -0.15) is 0 Å². The number of halogens is 1. The van der Waals surface area contributed by atoms with E-state index in [2.05, 4.69) is 0 Å². The zero-order chi connectivity index (χ0) is 15.4. The van der Waals surface area contributed by atoms with Crippen molar-refractivity contribution in [2.75, 3.05) is 72.5 Å². The van der Waals surface area contributed by atoms with E-state index < -0.39 is 0 Å². The van der Waals surface area contributed by atoms with Gasteiger partial charge in [-0.3, -0.25) is 0 Å². The Morgan fingerprint density at radius 3 is 1.43 bits per heavy atom. The van der Waals surface area contributed by atoms with Gasteiger partial charge in [0, 0.05) is 19.6 Å². The number of rotatable bonds is 18. The molecule has 0 unspecified atom stereocenters. The first kappa shape index (κ1) is 21.1. The van der Waals surface area contributed by atoms with Gasteiger partial charge in [0.25, 0.3) is 0 Å². The molecule has 0 aromatic heterocycles. The van der Waals surface area contributed by atoms with Gasteiger partial charge in [0.2, 0.25) is 0 Å². The quantitative estimate of drug-likeness (QED) is 0.286. The van der Waals surface area contributed by atoms with Gasteiger partial charge in [-0.1, -0.05) is 12.8 Å². The Labute approximate surface area is 134 Å². The Balaban J connectivity index is 2.90. The van der Waals surface area contributed by atoms with Crippen molar-refractivity contribution in [3.63, 3.8) is 0 Å².